The summed E-state index contributed by atoms with van der Waals surface area (Å²) in [5.41, 5.74) is 1.27. The van der Waals surface area contributed by atoms with E-state index in [1.54, 1.807) is 11.3 Å². The van der Waals surface area contributed by atoms with Gasteiger partial charge in [-0.1, -0.05) is 0 Å². The lowest BCUT2D eigenvalue weighted by Crippen LogP contribution is -2.24. The number of carbonyl (C=O) groups is 1. The van der Waals surface area contributed by atoms with Gasteiger partial charge >= 0.3 is 0 Å². The number of thiazole rings is 1. The fourth-order valence-corrected chi connectivity index (χ4v) is 2.85. The van der Waals surface area contributed by atoms with Crippen molar-refractivity contribution in [2.24, 2.45) is 0 Å². The Morgan fingerprint density at radius 1 is 1.29 bits per heavy atom. The van der Waals surface area contributed by atoms with Gasteiger partial charge in [-0.15, -0.1) is 11.3 Å². The highest BCUT2D eigenvalue weighted by atomic mass is 32.1. The summed E-state index contributed by atoms with van der Waals surface area (Å²) in [7, 11) is 0. The molecular formula is C15H18FN3OS. The minimum absolute atomic E-state index is 0.229. The second-order valence-corrected chi connectivity index (χ2v) is 5.32. The van der Waals surface area contributed by atoms with Crippen molar-refractivity contribution in [1.29, 1.82) is 0 Å². The van der Waals surface area contributed by atoms with Gasteiger partial charge in [-0.3, -0.25) is 4.79 Å². The van der Waals surface area contributed by atoms with Crippen molar-refractivity contribution in [3.8, 4) is 0 Å². The predicted molar refractivity (Wildman–Crippen MR) is 83.2 cm³/mol. The van der Waals surface area contributed by atoms with E-state index in [1.807, 2.05) is 5.38 Å². The second kappa shape index (κ2) is 7.17. The molecule has 0 fully saturated rings. The molecule has 0 spiro atoms. The van der Waals surface area contributed by atoms with Crippen molar-refractivity contribution in [1.82, 2.24) is 10.3 Å². The molecule has 1 heterocycles. The lowest BCUT2D eigenvalue weighted by Gasteiger charge is -2.16. The Bertz CT molecular complexity index is 593. The second-order valence-electron chi connectivity index (χ2n) is 4.48. The van der Waals surface area contributed by atoms with Gasteiger partial charge in [0.15, 0.2) is 5.13 Å². The summed E-state index contributed by atoms with van der Waals surface area (Å²) in [6.07, 6.45) is 0. The van der Waals surface area contributed by atoms with E-state index in [0.29, 0.717) is 12.1 Å². The molecule has 6 heteroatoms. The number of halogens is 1. The molecule has 0 radical (unpaired) electrons. The fourth-order valence-electron chi connectivity index (χ4n) is 1.89. The molecule has 0 bridgehead atoms. The normalized spacial score (nSPS) is 10.4. The summed E-state index contributed by atoms with van der Waals surface area (Å²) in [4.78, 5) is 18.6. The van der Waals surface area contributed by atoms with Crippen molar-refractivity contribution in [3.63, 3.8) is 0 Å². The monoisotopic (exact) mass is 307 g/mol. The highest BCUT2D eigenvalue weighted by Gasteiger charge is 2.09. The number of benzene rings is 1. The number of amides is 1. The first-order valence-corrected chi connectivity index (χ1v) is 7.75. The minimum atomic E-state index is -0.352. The molecule has 21 heavy (non-hydrogen) atoms. The maximum Gasteiger partial charge on any atom is 0.251 e. The van der Waals surface area contributed by atoms with Crippen LogP contribution in [0.1, 0.15) is 29.9 Å². The molecule has 1 amide bonds. The highest BCUT2D eigenvalue weighted by molar-refractivity contribution is 7.13. The molecule has 0 unspecified atom stereocenters. The molecule has 0 atom stereocenters. The molecular weight excluding hydrogens is 289 g/mol. The third kappa shape index (κ3) is 4.01. The first-order valence-electron chi connectivity index (χ1n) is 6.87. The molecule has 1 aromatic heterocycles. The van der Waals surface area contributed by atoms with Gasteiger partial charge in [0.1, 0.15) is 5.82 Å². The first-order chi connectivity index (χ1) is 10.1. The number of hydrogen-bond acceptors (Lipinski definition) is 4. The molecule has 2 rings (SSSR count). The molecule has 1 aromatic carbocycles. The molecule has 0 saturated carbocycles. The van der Waals surface area contributed by atoms with E-state index in [-0.39, 0.29) is 11.7 Å². The SMILES string of the molecule is CCN(CC)c1nc(CNC(=O)c2ccc(F)cc2)cs1. The Balaban J connectivity index is 1.94. The van der Waals surface area contributed by atoms with Crippen LogP contribution in [0.5, 0.6) is 0 Å². The number of nitrogens with zero attached hydrogens (tertiary/aromatic N) is 2. The van der Waals surface area contributed by atoms with E-state index in [0.717, 1.165) is 23.9 Å². The molecule has 112 valence electrons. The largest absolute Gasteiger partial charge is 0.349 e. The Labute approximate surface area is 127 Å². The molecule has 0 saturated heterocycles. The van der Waals surface area contributed by atoms with Crippen LogP contribution in [-0.2, 0) is 6.54 Å². The van der Waals surface area contributed by atoms with Crippen LogP contribution in [0, 0.1) is 5.82 Å². The molecule has 1 N–H and O–H groups in total. The molecule has 0 aliphatic rings. The van der Waals surface area contributed by atoms with E-state index in [4.69, 9.17) is 0 Å². The van der Waals surface area contributed by atoms with Gasteiger partial charge in [0.05, 0.1) is 12.2 Å². The van der Waals surface area contributed by atoms with Crippen molar-refractivity contribution in [2.45, 2.75) is 20.4 Å². The zero-order valence-corrected chi connectivity index (χ0v) is 12.9. The summed E-state index contributed by atoms with van der Waals surface area (Å²) in [5, 5.41) is 5.69. The van der Waals surface area contributed by atoms with Crippen molar-refractivity contribution in [3.05, 3.63) is 46.7 Å². The average molecular weight is 307 g/mol. The van der Waals surface area contributed by atoms with Crippen LogP contribution < -0.4 is 10.2 Å². The van der Waals surface area contributed by atoms with Crippen LogP contribution in [0.15, 0.2) is 29.6 Å². The molecule has 0 aliphatic heterocycles. The van der Waals surface area contributed by atoms with Crippen LogP contribution in [0.4, 0.5) is 9.52 Å². The summed E-state index contributed by atoms with van der Waals surface area (Å²) >= 11 is 1.57. The van der Waals surface area contributed by atoms with Gasteiger partial charge in [-0.05, 0) is 38.1 Å². The number of carbonyl (C=O) groups excluding carboxylic acids is 1. The summed E-state index contributed by atoms with van der Waals surface area (Å²) in [6.45, 7) is 6.35. The maximum absolute atomic E-state index is 12.8. The van der Waals surface area contributed by atoms with Crippen LogP contribution in [0.2, 0.25) is 0 Å². The van der Waals surface area contributed by atoms with E-state index in [2.05, 4.69) is 29.0 Å². The minimum Gasteiger partial charge on any atom is -0.349 e. The van der Waals surface area contributed by atoms with Gasteiger partial charge in [0.25, 0.3) is 5.91 Å². The fraction of sp³-hybridized carbons (Fsp3) is 0.333. The van der Waals surface area contributed by atoms with Crippen LogP contribution in [0.3, 0.4) is 0 Å². The maximum atomic E-state index is 12.8. The highest BCUT2D eigenvalue weighted by Crippen LogP contribution is 2.20. The summed E-state index contributed by atoms with van der Waals surface area (Å²) in [5.74, 6) is -0.581. The van der Waals surface area contributed by atoms with Gasteiger partial charge in [-0.2, -0.15) is 0 Å². The van der Waals surface area contributed by atoms with E-state index >= 15 is 0 Å². The number of hydrogen-bond donors (Lipinski definition) is 1. The van der Waals surface area contributed by atoms with Gasteiger partial charge in [0.2, 0.25) is 0 Å². The standard InChI is InChI=1S/C15H18FN3OS/c1-3-19(4-2)15-18-13(10-21-15)9-17-14(20)11-5-7-12(16)8-6-11/h5-8,10H,3-4,9H2,1-2H3,(H,17,20). The van der Waals surface area contributed by atoms with Crippen molar-refractivity contribution < 1.29 is 9.18 Å². The topological polar surface area (TPSA) is 45.2 Å². The molecule has 0 aliphatic carbocycles. The third-order valence-electron chi connectivity index (χ3n) is 3.11. The van der Waals surface area contributed by atoms with Gasteiger partial charge in [0, 0.05) is 24.0 Å². The Kier molecular flexibility index (Phi) is 5.27. The van der Waals surface area contributed by atoms with Crippen LogP contribution in [0.25, 0.3) is 0 Å². The Morgan fingerprint density at radius 3 is 2.57 bits per heavy atom. The zero-order valence-electron chi connectivity index (χ0n) is 12.1. The van der Waals surface area contributed by atoms with Crippen LogP contribution in [-0.4, -0.2) is 24.0 Å². The number of anilines is 1. The van der Waals surface area contributed by atoms with Crippen molar-refractivity contribution >= 4 is 22.4 Å². The smallest absolute Gasteiger partial charge is 0.251 e. The average Bonchev–Trinajstić information content (AvgIpc) is 2.96. The number of nitrogens with one attached hydrogen (secondary N) is 1. The quantitative estimate of drug-likeness (QED) is 0.892. The third-order valence-corrected chi connectivity index (χ3v) is 4.06. The number of aromatic nitrogens is 1. The van der Waals surface area contributed by atoms with E-state index < -0.39 is 0 Å². The van der Waals surface area contributed by atoms with Crippen molar-refractivity contribution in [2.75, 3.05) is 18.0 Å². The lowest BCUT2D eigenvalue weighted by atomic mass is 10.2. The predicted octanol–water partition coefficient (Wildman–Crippen LogP) is 3.06. The Morgan fingerprint density at radius 2 is 1.95 bits per heavy atom. The lowest BCUT2D eigenvalue weighted by molar-refractivity contribution is 0.0950. The van der Waals surface area contributed by atoms with Crippen LogP contribution >= 0.6 is 11.3 Å². The summed E-state index contributed by atoms with van der Waals surface area (Å²) in [6, 6.07) is 5.48. The zero-order chi connectivity index (χ0) is 15.2. The van der Waals surface area contributed by atoms with Gasteiger partial charge < -0.3 is 10.2 Å². The van der Waals surface area contributed by atoms with E-state index in [1.165, 1.54) is 24.3 Å². The molecule has 2 aromatic rings. The summed E-state index contributed by atoms with van der Waals surface area (Å²) < 4.78 is 12.8. The first kappa shape index (κ1) is 15.4. The van der Waals surface area contributed by atoms with Gasteiger partial charge in [-0.25, -0.2) is 9.37 Å². The van der Waals surface area contributed by atoms with E-state index in [9.17, 15) is 9.18 Å². The molecule has 4 nitrogen and oxygen atoms in total. The Hall–Kier alpha value is -1.95. The number of rotatable bonds is 6.